The van der Waals surface area contributed by atoms with Crippen molar-refractivity contribution < 1.29 is 27.0 Å². The van der Waals surface area contributed by atoms with Crippen molar-refractivity contribution in [1.82, 2.24) is 9.55 Å². The van der Waals surface area contributed by atoms with E-state index >= 15 is 0 Å². The summed E-state index contributed by atoms with van der Waals surface area (Å²) < 4.78 is 65.7. The van der Waals surface area contributed by atoms with Gasteiger partial charge in [0.15, 0.2) is 0 Å². The van der Waals surface area contributed by atoms with Crippen LogP contribution in [-0.4, -0.2) is 37.3 Å². The van der Waals surface area contributed by atoms with Gasteiger partial charge in [-0.3, -0.25) is 0 Å². The minimum atomic E-state index is -2.53. The third-order valence-corrected chi connectivity index (χ3v) is 6.74. The average Bonchev–Trinajstić information content (AvgIpc) is 3.12. The molecule has 0 aliphatic rings. The molecule has 10 heteroatoms. The standard InChI is InChI=1S/C23H29F4N3O2Si/c1-33(2,3)9-8-31-15-30-14-29-21-10-16(4-5-22(21)30)28-13-18-19(24)11-17(12-20(18)25)32-7-6-23(26)27/h4-5,10-12,14,23,28H,6-9,13,15H2,1-3H3. The highest BCUT2D eigenvalue weighted by Gasteiger charge is 2.14. The van der Waals surface area contributed by atoms with E-state index in [-0.39, 0.29) is 24.5 Å². The number of halogens is 4. The SMILES string of the molecule is C[Si](C)(C)CCOCn1cnc2cc(NCc3c(F)cc(OCCC(F)F)cc3F)ccc21. The minimum absolute atomic E-state index is 0.0962. The molecule has 2 aromatic carbocycles. The molecule has 0 saturated heterocycles. The second kappa shape index (κ2) is 11.0. The summed E-state index contributed by atoms with van der Waals surface area (Å²) in [5, 5.41) is 2.99. The molecule has 0 amide bonds. The second-order valence-electron chi connectivity index (χ2n) is 9.01. The maximum Gasteiger partial charge on any atom is 0.241 e. The third-order valence-electron chi connectivity index (χ3n) is 5.04. The summed E-state index contributed by atoms with van der Waals surface area (Å²) in [7, 11) is -1.15. The van der Waals surface area contributed by atoms with E-state index < -0.39 is 32.6 Å². The Labute approximate surface area is 191 Å². The number of imidazole rings is 1. The van der Waals surface area contributed by atoms with E-state index in [1.807, 2.05) is 10.6 Å². The molecule has 180 valence electrons. The quantitative estimate of drug-likeness (QED) is 0.187. The van der Waals surface area contributed by atoms with Crippen LogP contribution >= 0.6 is 0 Å². The van der Waals surface area contributed by atoms with Crippen molar-refractivity contribution in [1.29, 1.82) is 0 Å². The van der Waals surface area contributed by atoms with Gasteiger partial charge in [-0.15, -0.1) is 0 Å². The van der Waals surface area contributed by atoms with Gasteiger partial charge in [0.25, 0.3) is 0 Å². The molecular weight excluding hydrogens is 454 g/mol. The number of aromatic nitrogens is 2. The second-order valence-corrected chi connectivity index (χ2v) is 14.6. The van der Waals surface area contributed by atoms with Crippen LogP contribution in [0.5, 0.6) is 5.75 Å². The van der Waals surface area contributed by atoms with Gasteiger partial charge in [-0.05, 0) is 24.2 Å². The van der Waals surface area contributed by atoms with Gasteiger partial charge in [0.2, 0.25) is 6.43 Å². The number of benzene rings is 2. The monoisotopic (exact) mass is 483 g/mol. The highest BCUT2D eigenvalue weighted by molar-refractivity contribution is 6.76. The lowest BCUT2D eigenvalue weighted by atomic mass is 10.1. The molecule has 0 aliphatic carbocycles. The summed E-state index contributed by atoms with van der Waals surface area (Å²) in [5.74, 6) is -1.74. The van der Waals surface area contributed by atoms with Crippen molar-refractivity contribution in [2.45, 2.75) is 51.8 Å². The summed E-state index contributed by atoms with van der Waals surface area (Å²) in [6.45, 7) is 7.61. The largest absolute Gasteiger partial charge is 0.493 e. The molecule has 0 atom stereocenters. The zero-order valence-electron chi connectivity index (χ0n) is 19.0. The fourth-order valence-corrected chi connectivity index (χ4v) is 3.86. The Morgan fingerprint density at radius 2 is 1.79 bits per heavy atom. The number of nitrogens with zero attached hydrogens (tertiary/aromatic N) is 2. The molecular formula is C23H29F4N3O2Si. The zero-order valence-corrected chi connectivity index (χ0v) is 20.0. The molecule has 5 nitrogen and oxygen atoms in total. The van der Waals surface area contributed by atoms with E-state index in [1.54, 1.807) is 18.5 Å². The first kappa shape index (κ1) is 25.0. The van der Waals surface area contributed by atoms with Crippen LogP contribution in [0.1, 0.15) is 12.0 Å². The molecule has 1 aromatic heterocycles. The molecule has 1 N–H and O–H groups in total. The number of hydrogen-bond donors (Lipinski definition) is 1. The number of hydrogen-bond acceptors (Lipinski definition) is 4. The van der Waals surface area contributed by atoms with Crippen molar-refractivity contribution in [3.05, 3.63) is 53.9 Å². The summed E-state index contributed by atoms with van der Waals surface area (Å²) in [6, 6.07) is 8.56. The first-order valence-electron chi connectivity index (χ1n) is 10.8. The van der Waals surface area contributed by atoms with Crippen LogP contribution < -0.4 is 10.1 Å². The van der Waals surface area contributed by atoms with Crippen LogP contribution in [0.4, 0.5) is 23.2 Å². The van der Waals surface area contributed by atoms with E-state index in [2.05, 4.69) is 29.9 Å². The van der Waals surface area contributed by atoms with Crippen molar-refractivity contribution in [2.75, 3.05) is 18.5 Å². The first-order chi connectivity index (χ1) is 15.6. The Kier molecular flexibility index (Phi) is 8.36. The minimum Gasteiger partial charge on any atom is -0.493 e. The number of alkyl halides is 2. The summed E-state index contributed by atoms with van der Waals surface area (Å²) in [5.41, 5.74) is 2.12. The Balaban J connectivity index is 1.59. The molecule has 0 fully saturated rings. The Morgan fingerprint density at radius 1 is 1.06 bits per heavy atom. The molecule has 0 bridgehead atoms. The highest BCUT2D eigenvalue weighted by atomic mass is 28.3. The maximum absolute atomic E-state index is 14.3. The average molecular weight is 484 g/mol. The van der Waals surface area contributed by atoms with Gasteiger partial charge in [0, 0.05) is 51.0 Å². The molecule has 0 radical (unpaired) electrons. The number of ether oxygens (including phenoxy) is 2. The zero-order chi connectivity index (χ0) is 24.0. The number of rotatable bonds is 12. The topological polar surface area (TPSA) is 48.3 Å². The van der Waals surface area contributed by atoms with Gasteiger partial charge < -0.3 is 19.4 Å². The molecule has 33 heavy (non-hydrogen) atoms. The van der Waals surface area contributed by atoms with Crippen LogP contribution in [0.2, 0.25) is 25.7 Å². The van der Waals surface area contributed by atoms with E-state index in [1.165, 1.54) is 0 Å². The lowest BCUT2D eigenvalue weighted by Gasteiger charge is -2.15. The van der Waals surface area contributed by atoms with Crippen molar-refractivity contribution >= 4 is 24.8 Å². The number of anilines is 1. The molecule has 0 spiro atoms. The van der Waals surface area contributed by atoms with Crippen LogP contribution in [0.3, 0.4) is 0 Å². The predicted molar refractivity (Wildman–Crippen MR) is 124 cm³/mol. The Hall–Kier alpha value is -2.59. The lowest BCUT2D eigenvalue weighted by molar-refractivity contribution is 0.0898. The van der Waals surface area contributed by atoms with E-state index in [4.69, 9.17) is 9.47 Å². The summed E-state index contributed by atoms with van der Waals surface area (Å²) in [6.07, 6.45) is -1.33. The molecule has 0 aliphatic heterocycles. The van der Waals surface area contributed by atoms with E-state index in [0.29, 0.717) is 19.0 Å². The van der Waals surface area contributed by atoms with Crippen LogP contribution in [0.15, 0.2) is 36.7 Å². The van der Waals surface area contributed by atoms with Gasteiger partial charge in [0.1, 0.15) is 24.1 Å². The van der Waals surface area contributed by atoms with Crippen molar-refractivity contribution in [3.63, 3.8) is 0 Å². The summed E-state index contributed by atoms with van der Waals surface area (Å²) in [4.78, 5) is 4.38. The first-order valence-corrected chi connectivity index (χ1v) is 14.5. The van der Waals surface area contributed by atoms with Gasteiger partial charge in [-0.25, -0.2) is 22.5 Å². The van der Waals surface area contributed by atoms with Gasteiger partial charge in [0.05, 0.1) is 24.0 Å². The van der Waals surface area contributed by atoms with Crippen LogP contribution in [0, 0.1) is 11.6 Å². The predicted octanol–water partition coefficient (Wildman–Crippen LogP) is 6.27. The summed E-state index contributed by atoms with van der Waals surface area (Å²) >= 11 is 0. The smallest absolute Gasteiger partial charge is 0.241 e. The van der Waals surface area contributed by atoms with Gasteiger partial charge >= 0.3 is 0 Å². The third kappa shape index (κ3) is 7.46. The number of nitrogens with one attached hydrogen (secondary N) is 1. The Bertz CT molecular complexity index is 1050. The lowest BCUT2D eigenvalue weighted by Crippen LogP contribution is -2.21. The van der Waals surface area contributed by atoms with Gasteiger partial charge in [-0.1, -0.05) is 19.6 Å². The van der Waals surface area contributed by atoms with E-state index in [9.17, 15) is 17.6 Å². The molecule has 0 saturated carbocycles. The Morgan fingerprint density at radius 3 is 2.45 bits per heavy atom. The van der Waals surface area contributed by atoms with Crippen LogP contribution in [0.25, 0.3) is 11.0 Å². The molecule has 0 unspecified atom stereocenters. The fraction of sp³-hybridized carbons (Fsp3) is 0.435. The van der Waals surface area contributed by atoms with Crippen molar-refractivity contribution in [2.24, 2.45) is 0 Å². The molecule has 3 aromatic rings. The van der Waals surface area contributed by atoms with E-state index in [0.717, 1.165) is 29.2 Å². The van der Waals surface area contributed by atoms with Crippen molar-refractivity contribution in [3.8, 4) is 5.75 Å². The number of fused-ring (bicyclic) bond motifs is 1. The molecule has 3 rings (SSSR count). The normalized spacial score (nSPS) is 12.0. The van der Waals surface area contributed by atoms with Crippen LogP contribution in [-0.2, 0) is 18.0 Å². The fourth-order valence-electron chi connectivity index (χ4n) is 3.11. The molecule has 1 heterocycles. The van der Waals surface area contributed by atoms with Gasteiger partial charge in [-0.2, -0.15) is 0 Å². The maximum atomic E-state index is 14.3. The highest BCUT2D eigenvalue weighted by Crippen LogP contribution is 2.24.